The minimum absolute atomic E-state index is 0.269. The fourth-order valence-corrected chi connectivity index (χ4v) is 3.35. The smallest absolute Gasteiger partial charge is 0.287 e. The molecular formula is C23H23N3O4. The fourth-order valence-electron chi connectivity index (χ4n) is 3.35. The maximum absolute atomic E-state index is 12.4. The van der Waals surface area contributed by atoms with Crippen molar-refractivity contribution in [1.82, 2.24) is 14.9 Å². The fraction of sp³-hybridized carbons (Fsp3) is 0.217. The Kier molecular flexibility index (Phi) is 5.70. The van der Waals surface area contributed by atoms with E-state index in [1.807, 2.05) is 55.5 Å². The molecule has 2 aromatic heterocycles. The maximum atomic E-state index is 12.4. The lowest BCUT2D eigenvalue weighted by molar-refractivity contribution is 0.0909. The molecular weight excluding hydrogens is 382 g/mol. The van der Waals surface area contributed by atoms with Gasteiger partial charge in [-0.15, -0.1) is 0 Å². The number of nitrogens with zero attached hydrogens (tertiary/aromatic N) is 2. The molecule has 7 heteroatoms. The monoisotopic (exact) mass is 405 g/mol. The van der Waals surface area contributed by atoms with Crippen molar-refractivity contribution in [2.45, 2.75) is 19.5 Å². The quantitative estimate of drug-likeness (QED) is 0.475. The molecule has 0 aliphatic heterocycles. The van der Waals surface area contributed by atoms with Crippen molar-refractivity contribution in [1.29, 1.82) is 0 Å². The second-order valence-electron chi connectivity index (χ2n) is 6.81. The highest BCUT2D eigenvalue weighted by Crippen LogP contribution is 2.22. The summed E-state index contributed by atoms with van der Waals surface area (Å²) >= 11 is 0. The van der Waals surface area contributed by atoms with Crippen LogP contribution in [0.25, 0.3) is 11.0 Å². The third kappa shape index (κ3) is 4.15. The highest BCUT2D eigenvalue weighted by molar-refractivity contribution is 5.91. The standard InChI is InChI=1S/C23H23N3O4/c1-16(24-23(27)21-11-6-13-30-21)22-25-19-9-3-4-10-20(19)26(22)12-14-29-18-8-5-7-17(15-18)28-2/h3-11,13,15-16H,12,14H2,1-2H3,(H,24,27). The van der Waals surface area contributed by atoms with E-state index < -0.39 is 0 Å². The van der Waals surface area contributed by atoms with Gasteiger partial charge in [-0.05, 0) is 43.3 Å². The Labute approximate surface area is 174 Å². The Morgan fingerprint density at radius 1 is 1.13 bits per heavy atom. The molecule has 0 aliphatic rings. The second kappa shape index (κ2) is 8.73. The van der Waals surface area contributed by atoms with Crippen LogP contribution >= 0.6 is 0 Å². The van der Waals surface area contributed by atoms with Crippen LogP contribution in [0.3, 0.4) is 0 Å². The maximum Gasteiger partial charge on any atom is 0.287 e. The largest absolute Gasteiger partial charge is 0.497 e. The van der Waals surface area contributed by atoms with E-state index in [9.17, 15) is 4.79 Å². The molecule has 4 aromatic rings. The van der Waals surface area contributed by atoms with E-state index in [1.165, 1.54) is 6.26 Å². The van der Waals surface area contributed by atoms with Crippen LogP contribution in [0.15, 0.2) is 71.3 Å². The molecule has 0 spiro atoms. The number of para-hydroxylation sites is 2. The van der Waals surface area contributed by atoms with Crippen LogP contribution in [0, 0.1) is 0 Å². The number of methoxy groups -OCH3 is 1. The van der Waals surface area contributed by atoms with Crippen molar-refractivity contribution in [2.75, 3.05) is 13.7 Å². The second-order valence-corrected chi connectivity index (χ2v) is 6.81. The number of hydrogen-bond donors (Lipinski definition) is 1. The van der Waals surface area contributed by atoms with Gasteiger partial charge in [0.2, 0.25) is 0 Å². The van der Waals surface area contributed by atoms with E-state index >= 15 is 0 Å². The summed E-state index contributed by atoms with van der Waals surface area (Å²) < 4.78 is 18.4. The lowest BCUT2D eigenvalue weighted by atomic mass is 10.3. The number of aromatic nitrogens is 2. The van der Waals surface area contributed by atoms with Gasteiger partial charge in [0.1, 0.15) is 23.9 Å². The molecule has 0 bridgehead atoms. The van der Waals surface area contributed by atoms with E-state index in [2.05, 4.69) is 9.88 Å². The summed E-state index contributed by atoms with van der Waals surface area (Å²) in [4.78, 5) is 17.1. The third-order valence-corrected chi connectivity index (χ3v) is 4.79. The van der Waals surface area contributed by atoms with E-state index in [0.717, 1.165) is 28.4 Å². The Hall–Kier alpha value is -3.74. The number of amides is 1. The number of furan rings is 1. The highest BCUT2D eigenvalue weighted by atomic mass is 16.5. The van der Waals surface area contributed by atoms with E-state index in [0.29, 0.717) is 13.2 Å². The van der Waals surface area contributed by atoms with Gasteiger partial charge in [-0.1, -0.05) is 18.2 Å². The number of imidazole rings is 1. The summed E-state index contributed by atoms with van der Waals surface area (Å²) in [5.41, 5.74) is 1.86. The van der Waals surface area contributed by atoms with Crippen molar-refractivity contribution in [3.63, 3.8) is 0 Å². The van der Waals surface area contributed by atoms with Crippen LogP contribution in [0.4, 0.5) is 0 Å². The number of carbonyl (C=O) groups is 1. The van der Waals surface area contributed by atoms with Gasteiger partial charge in [-0.2, -0.15) is 0 Å². The SMILES string of the molecule is COc1cccc(OCCn2c(C(C)NC(=O)c3ccco3)nc3ccccc32)c1. The molecule has 7 nitrogen and oxygen atoms in total. The molecule has 4 rings (SSSR count). The zero-order chi connectivity index (χ0) is 20.9. The Morgan fingerprint density at radius 3 is 2.77 bits per heavy atom. The first kappa shape index (κ1) is 19.6. The zero-order valence-corrected chi connectivity index (χ0v) is 16.9. The van der Waals surface area contributed by atoms with Crippen molar-refractivity contribution < 1.29 is 18.7 Å². The summed E-state index contributed by atoms with van der Waals surface area (Å²) in [6.07, 6.45) is 1.48. The van der Waals surface area contributed by atoms with Crippen LogP contribution < -0.4 is 14.8 Å². The average Bonchev–Trinajstić information content (AvgIpc) is 3.43. The molecule has 0 saturated heterocycles. The summed E-state index contributed by atoms with van der Waals surface area (Å²) in [7, 11) is 1.63. The molecule has 30 heavy (non-hydrogen) atoms. The van der Waals surface area contributed by atoms with Crippen LogP contribution in [-0.2, 0) is 6.54 Å². The number of hydrogen-bond acceptors (Lipinski definition) is 5. The van der Waals surface area contributed by atoms with E-state index in [-0.39, 0.29) is 17.7 Å². The molecule has 1 atom stereocenters. The molecule has 2 heterocycles. The predicted octanol–water partition coefficient (Wildman–Crippen LogP) is 4.21. The van der Waals surface area contributed by atoms with Gasteiger partial charge < -0.3 is 23.8 Å². The number of carbonyl (C=O) groups excluding carboxylic acids is 1. The van der Waals surface area contributed by atoms with Gasteiger partial charge in [-0.3, -0.25) is 4.79 Å². The number of nitrogens with one attached hydrogen (secondary N) is 1. The van der Waals surface area contributed by atoms with Crippen LogP contribution in [0.1, 0.15) is 29.3 Å². The number of ether oxygens (including phenoxy) is 2. The van der Waals surface area contributed by atoms with Gasteiger partial charge in [0, 0.05) is 6.07 Å². The van der Waals surface area contributed by atoms with E-state index in [4.69, 9.17) is 18.9 Å². The molecule has 0 aliphatic carbocycles. The first-order valence-electron chi connectivity index (χ1n) is 9.72. The lowest BCUT2D eigenvalue weighted by Gasteiger charge is -2.16. The van der Waals surface area contributed by atoms with Crippen molar-refractivity contribution in [3.05, 3.63) is 78.5 Å². The van der Waals surface area contributed by atoms with Crippen molar-refractivity contribution in [2.24, 2.45) is 0 Å². The van der Waals surface area contributed by atoms with Crippen molar-refractivity contribution >= 4 is 16.9 Å². The van der Waals surface area contributed by atoms with Gasteiger partial charge in [0.25, 0.3) is 5.91 Å². The first-order chi connectivity index (χ1) is 14.7. The summed E-state index contributed by atoms with van der Waals surface area (Å²) in [6.45, 7) is 2.93. The molecule has 0 saturated carbocycles. The highest BCUT2D eigenvalue weighted by Gasteiger charge is 2.20. The summed E-state index contributed by atoms with van der Waals surface area (Å²) in [5.74, 6) is 2.23. The van der Waals surface area contributed by atoms with Crippen LogP contribution in [-0.4, -0.2) is 29.2 Å². The number of rotatable bonds is 8. The normalized spacial score (nSPS) is 11.9. The zero-order valence-electron chi connectivity index (χ0n) is 16.9. The molecule has 0 radical (unpaired) electrons. The summed E-state index contributed by atoms with van der Waals surface area (Å²) in [6, 6.07) is 18.4. The minimum Gasteiger partial charge on any atom is -0.497 e. The Balaban J connectivity index is 1.53. The van der Waals surface area contributed by atoms with Gasteiger partial charge in [0.05, 0.1) is 37.0 Å². The number of fused-ring (bicyclic) bond motifs is 1. The Bertz CT molecular complexity index is 1130. The van der Waals surface area contributed by atoms with Gasteiger partial charge in [-0.25, -0.2) is 4.98 Å². The molecule has 1 N–H and O–H groups in total. The van der Waals surface area contributed by atoms with Crippen LogP contribution in [0.2, 0.25) is 0 Å². The van der Waals surface area contributed by atoms with Gasteiger partial charge in [0.15, 0.2) is 5.76 Å². The molecule has 2 aromatic carbocycles. The Morgan fingerprint density at radius 2 is 1.97 bits per heavy atom. The van der Waals surface area contributed by atoms with Gasteiger partial charge >= 0.3 is 0 Å². The molecule has 1 unspecified atom stereocenters. The summed E-state index contributed by atoms with van der Waals surface area (Å²) in [5, 5.41) is 2.95. The molecule has 1 amide bonds. The predicted molar refractivity (Wildman–Crippen MR) is 113 cm³/mol. The molecule has 154 valence electrons. The van der Waals surface area contributed by atoms with E-state index in [1.54, 1.807) is 19.2 Å². The molecule has 0 fully saturated rings. The van der Waals surface area contributed by atoms with Crippen molar-refractivity contribution in [3.8, 4) is 11.5 Å². The van der Waals surface area contributed by atoms with Crippen LogP contribution in [0.5, 0.6) is 11.5 Å². The minimum atomic E-state index is -0.313. The number of benzene rings is 2. The third-order valence-electron chi connectivity index (χ3n) is 4.79. The first-order valence-corrected chi connectivity index (χ1v) is 9.72. The lowest BCUT2D eigenvalue weighted by Crippen LogP contribution is -2.28. The topological polar surface area (TPSA) is 78.5 Å². The average molecular weight is 405 g/mol.